The van der Waals surface area contributed by atoms with Crippen molar-refractivity contribution in [1.82, 2.24) is 15.0 Å². The third kappa shape index (κ3) is 2.28. The fourth-order valence-corrected chi connectivity index (χ4v) is 1.83. The predicted molar refractivity (Wildman–Crippen MR) is 62.8 cm³/mol. The number of hydrogen-bond acceptors (Lipinski definition) is 3. The summed E-state index contributed by atoms with van der Waals surface area (Å²) < 4.78 is 1.69. The third-order valence-electron chi connectivity index (χ3n) is 2.67. The zero-order valence-corrected chi connectivity index (χ0v) is 9.59. The Morgan fingerprint density at radius 3 is 2.75 bits per heavy atom. The van der Waals surface area contributed by atoms with Gasteiger partial charge in [-0.1, -0.05) is 29.5 Å². The molecule has 0 aliphatic carbocycles. The van der Waals surface area contributed by atoms with Gasteiger partial charge in [0.25, 0.3) is 0 Å². The Labute approximate surface area is 95.1 Å². The van der Waals surface area contributed by atoms with Crippen LogP contribution < -0.4 is 5.73 Å². The van der Waals surface area contributed by atoms with Gasteiger partial charge in [0.15, 0.2) is 0 Å². The summed E-state index contributed by atoms with van der Waals surface area (Å²) in [6, 6.07) is 8.16. The Morgan fingerprint density at radius 1 is 1.38 bits per heavy atom. The van der Waals surface area contributed by atoms with Crippen molar-refractivity contribution in [2.24, 2.45) is 12.8 Å². The number of aryl methyl sites for hydroxylation is 2. The van der Waals surface area contributed by atoms with E-state index in [-0.39, 0.29) is 6.04 Å². The lowest BCUT2D eigenvalue weighted by Gasteiger charge is -2.12. The summed E-state index contributed by atoms with van der Waals surface area (Å²) in [5.74, 6) is 0. The second-order valence-corrected chi connectivity index (χ2v) is 4.05. The SMILES string of the molecule is Cc1ccccc1C(N)Cc1cn(C)nn1. The maximum Gasteiger partial charge on any atom is 0.0845 e. The van der Waals surface area contributed by atoms with Crippen molar-refractivity contribution < 1.29 is 0 Å². The van der Waals surface area contributed by atoms with Crippen LogP contribution in [-0.2, 0) is 13.5 Å². The highest BCUT2D eigenvalue weighted by Crippen LogP contribution is 2.18. The van der Waals surface area contributed by atoms with E-state index >= 15 is 0 Å². The highest BCUT2D eigenvalue weighted by Gasteiger charge is 2.11. The first kappa shape index (κ1) is 10.8. The molecule has 0 fully saturated rings. The first-order valence-corrected chi connectivity index (χ1v) is 5.33. The molecular formula is C12H16N4. The fourth-order valence-electron chi connectivity index (χ4n) is 1.83. The largest absolute Gasteiger partial charge is 0.324 e. The van der Waals surface area contributed by atoms with Crippen molar-refractivity contribution in [3.05, 3.63) is 47.3 Å². The standard InChI is InChI=1S/C12H16N4/c1-9-5-3-4-6-11(9)12(13)7-10-8-16(2)15-14-10/h3-6,8,12H,7,13H2,1-2H3. The van der Waals surface area contributed by atoms with Crippen molar-refractivity contribution in [2.75, 3.05) is 0 Å². The average Bonchev–Trinajstić information content (AvgIpc) is 2.64. The molecule has 0 amide bonds. The van der Waals surface area contributed by atoms with E-state index < -0.39 is 0 Å². The van der Waals surface area contributed by atoms with Crippen LogP contribution in [0, 0.1) is 6.92 Å². The second-order valence-electron chi connectivity index (χ2n) is 4.05. The predicted octanol–water partition coefficient (Wildman–Crippen LogP) is 1.37. The van der Waals surface area contributed by atoms with Crippen LogP contribution in [-0.4, -0.2) is 15.0 Å². The molecule has 0 spiro atoms. The van der Waals surface area contributed by atoms with Crippen LogP contribution in [0.3, 0.4) is 0 Å². The van der Waals surface area contributed by atoms with Gasteiger partial charge in [-0.05, 0) is 18.1 Å². The zero-order chi connectivity index (χ0) is 11.5. The van der Waals surface area contributed by atoms with Crippen LogP contribution in [0.25, 0.3) is 0 Å². The van der Waals surface area contributed by atoms with Crippen LogP contribution >= 0.6 is 0 Å². The Balaban J connectivity index is 2.14. The molecule has 0 saturated heterocycles. The third-order valence-corrected chi connectivity index (χ3v) is 2.67. The molecule has 2 rings (SSSR count). The van der Waals surface area contributed by atoms with Gasteiger partial charge in [-0.15, -0.1) is 5.10 Å². The summed E-state index contributed by atoms with van der Waals surface area (Å²) in [5.41, 5.74) is 9.48. The summed E-state index contributed by atoms with van der Waals surface area (Å²) in [6.07, 6.45) is 2.62. The van der Waals surface area contributed by atoms with E-state index in [1.165, 1.54) is 11.1 Å². The summed E-state index contributed by atoms with van der Waals surface area (Å²) in [6.45, 7) is 2.08. The molecule has 1 aromatic carbocycles. The molecule has 16 heavy (non-hydrogen) atoms. The van der Waals surface area contributed by atoms with Crippen LogP contribution in [0.4, 0.5) is 0 Å². The molecule has 0 bridgehead atoms. The van der Waals surface area contributed by atoms with E-state index in [4.69, 9.17) is 5.73 Å². The number of hydrogen-bond donors (Lipinski definition) is 1. The minimum Gasteiger partial charge on any atom is -0.324 e. The molecule has 1 unspecified atom stereocenters. The first-order chi connectivity index (χ1) is 7.66. The van der Waals surface area contributed by atoms with E-state index in [0.717, 1.165) is 12.1 Å². The van der Waals surface area contributed by atoms with E-state index in [0.29, 0.717) is 0 Å². The molecule has 4 nitrogen and oxygen atoms in total. The van der Waals surface area contributed by atoms with E-state index in [2.05, 4.69) is 29.4 Å². The maximum absolute atomic E-state index is 6.16. The molecule has 0 radical (unpaired) electrons. The monoisotopic (exact) mass is 216 g/mol. The highest BCUT2D eigenvalue weighted by molar-refractivity contribution is 5.29. The van der Waals surface area contributed by atoms with Gasteiger partial charge in [0.05, 0.1) is 5.69 Å². The Hall–Kier alpha value is -1.68. The summed E-state index contributed by atoms with van der Waals surface area (Å²) in [5, 5.41) is 7.94. The number of rotatable bonds is 3. The van der Waals surface area contributed by atoms with Crippen molar-refractivity contribution >= 4 is 0 Å². The number of benzene rings is 1. The van der Waals surface area contributed by atoms with Crippen LogP contribution in [0.2, 0.25) is 0 Å². The molecule has 2 aromatic rings. The lowest BCUT2D eigenvalue weighted by Crippen LogP contribution is -2.14. The van der Waals surface area contributed by atoms with Crippen molar-refractivity contribution in [3.8, 4) is 0 Å². The second kappa shape index (κ2) is 4.45. The van der Waals surface area contributed by atoms with E-state index in [1.54, 1.807) is 4.68 Å². The van der Waals surface area contributed by atoms with Gasteiger partial charge in [0.1, 0.15) is 0 Å². The molecule has 1 heterocycles. The molecule has 1 aromatic heterocycles. The number of nitrogens with zero attached hydrogens (tertiary/aromatic N) is 3. The zero-order valence-electron chi connectivity index (χ0n) is 9.59. The van der Waals surface area contributed by atoms with Gasteiger partial charge >= 0.3 is 0 Å². The molecule has 0 aliphatic rings. The lowest BCUT2D eigenvalue weighted by atomic mass is 9.99. The maximum atomic E-state index is 6.16. The van der Waals surface area contributed by atoms with Gasteiger partial charge in [-0.2, -0.15) is 0 Å². The van der Waals surface area contributed by atoms with Crippen molar-refractivity contribution in [3.63, 3.8) is 0 Å². The van der Waals surface area contributed by atoms with Gasteiger partial charge in [-0.25, -0.2) is 0 Å². The Morgan fingerprint density at radius 2 is 2.12 bits per heavy atom. The smallest absolute Gasteiger partial charge is 0.0845 e. The van der Waals surface area contributed by atoms with Crippen LogP contribution in [0.1, 0.15) is 22.9 Å². The lowest BCUT2D eigenvalue weighted by molar-refractivity contribution is 0.691. The molecule has 2 N–H and O–H groups in total. The summed E-state index contributed by atoms with van der Waals surface area (Å²) >= 11 is 0. The average molecular weight is 216 g/mol. The van der Waals surface area contributed by atoms with Crippen molar-refractivity contribution in [1.29, 1.82) is 0 Å². The molecule has 84 valence electrons. The number of aromatic nitrogens is 3. The van der Waals surface area contributed by atoms with Gasteiger partial charge < -0.3 is 5.73 Å². The summed E-state index contributed by atoms with van der Waals surface area (Å²) in [4.78, 5) is 0. The van der Waals surface area contributed by atoms with E-state index in [9.17, 15) is 0 Å². The molecular weight excluding hydrogens is 200 g/mol. The number of nitrogens with two attached hydrogens (primary N) is 1. The topological polar surface area (TPSA) is 56.7 Å². The Kier molecular flexibility index (Phi) is 3.01. The minimum atomic E-state index is -0.0158. The quantitative estimate of drug-likeness (QED) is 0.843. The highest BCUT2D eigenvalue weighted by atomic mass is 15.4. The van der Waals surface area contributed by atoms with Crippen LogP contribution in [0.15, 0.2) is 30.5 Å². The van der Waals surface area contributed by atoms with Gasteiger partial charge in [0.2, 0.25) is 0 Å². The molecule has 0 saturated carbocycles. The van der Waals surface area contributed by atoms with Gasteiger partial charge in [0, 0.05) is 25.7 Å². The first-order valence-electron chi connectivity index (χ1n) is 5.33. The van der Waals surface area contributed by atoms with Gasteiger partial charge in [-0.3, -0.25) is 4.68 Å². The summed E-state index contributed by atoms with van der Waals surface area (Å²) in [7, 11) is 1.86. The minimum absolute atomic E-state index is 0.0158. The normalized spacial score (nSPS) is 12.7. The fraction of sp³-hybridized carbons (Fsp3) is 0.333. The molecule has 0 aliphatic heterocycles. The van der Waals surface area contributed by atoms with Crippen LogP contribution in [0.5, 0.6) is 0 Å². The van der Waals surface area contributed by atoms with E-state index in [1.807, 2.05) is 25.4 Å². The molecule has 1 atom stereocenters. The Bertz CT molecular complexity index is 475. The van der Waals surface area contributed by atoms with Crippen molar-refractivity contribution in [2.45, 2.75) is 19.4 Å². The molecule has 4 heteroatoms.